The number of carbonyl (C=O) groups excluding carboxylic acids is 1. The number of hydrogen-bond donors (Lipinski definition) is 2. The minimum absolute atomic E-state index is 0.106. The van der Waals surface area contributed by atoms with Gasteiger partial charge in [0.1, 0.15) is 5.82 Å². The third-order valence-corrected chi connectivity index (χ3v) is 6.98. The fraction of sp³-hybridized carbons (Fsp3) is 0.316. The zero-order chi connectivity index (χ0) is 19.6. The molecule has 8 heteroatoms. The summed E-state index contributed by atoms with van der Waals surface area (Å²) >= 11 is 1.45. The van der Waals surface area contributed by atoms with Gasteiger partial charge in [0.2, 0.25) is 10.0 Å². The van der Waals surface area contributed by atoms with E-state index in [1.807, 2.05) is 6.07 Å². The molecule has 1 heterocycles. The van der Waals surface area contributed by atoms with Gasteiger partial charge in [0.15, 0.2) is 0 Å². The summed E-state index contributed by atoms with van der Waals surface area (Å²) in [7, 11) is -3.60. The fourth-order valence-electron chi connectivity index (χ4n) is 2.94. The highest BCUT2D eigenvalue weighted by Gasteiger charge is 2.25. The van der Waals surface area contributed by atoms with E-state index < -0.39 is 10.0 Å². The molecule has 2 N–H and O–H groups in total. The number of nitrogens with one attached hydrogen (secondary N) is 2. The highest BCUT2D eigenvalue weighted by Crippen LogP contribution is 2.37. The first-order valence-corrected chi connectivity index (χ1v) is 11.1. The molecule has 1 amide bonds. The summed E-state index contributed by atoms with van der Waals surface area (Å²) in [5.41, 5.74) is 1.13. The molecule has 0 aromatic heterocycles. The largest absolute Gasteiger partial charge is 0.345 e. The molecule has 27 heavy (non-hydrogen) atoms. The second kappa shape index (κ2) is 8.00. The predicted octanol–water partition coefficient (Wildman–Crippen LogP) is 3.48. The summed E-state index contributed by atoms with van der Waals surface area (Å²) in [6, 6.07) is 10.2. The van der Waals surface area contributed by atoms with Crippen molar-refractivity contribution in [3.05, 3.63) is 59.4 Å². The molecule has 3 rings (SSSR count). The number of benzene rings is 2. The number of halogens is 1. The van der Waals surface area contributed by atoms with Gasteiger partial charge in [-0.1, -0.05) is 12.1 Å². The van der Waals surface area contributed by atoms with E-state index in [0.717, 1.165) is 11.3 Å². The van der Waals surface area contributed by atoms with Crippen LogP contribution in [-0.2, 0) is 10.0 Å². The van der Waals surface area contributed by atoms with Crippen molar-refractivity contribution in [3.63, 3.8) is 0 Å². The molecule has 144 valence electrons. The summed E-state index contributed by atoms with van der Waals surface area (Å²) in [5.74, 6) is 0.128. The molecule has 0 spiro atoms. The maximum Gasteiger partial charge on any atom is 0.251 e. The van der Waals surface area contributed by atoms with Crippen molar-refractivity contribution < 1.29 is 17.6 Å². The second-order valence-electron chi connectivity index (χ2n) is 6.62. The first kappa shape index (κ1) is 19.9. The highest BCUT2D eigenvalue weighted by molar-refractivity contribution is 7.99. The van der Waals surface area contributed by atoms with Crippen LogP contribution in [0.4, 0.5) is 4.39 Å². The van der Waals surface area contributed by atoms with Gasteiger partial charge < -0.3 is 5.32 Å². The monoisotopic (exact) mass is 408 g/mol. The Bertz CT molecular complexity index is 944. The summed E-state index contributed by atoms with van der Waals surface area (Å²) in [5, 5.41) is 2.92. The third-order valence-electron chi connectivity index (χ3n) is 4.15. The highest BCUT2D eigenvalue weighted by atomic mass is 32.2. The quantitative estimate of drug-likeness (QED) is 0.794. The van der Waals surface area contributed by atoms with Crippen molar-refractivity contribution in [1.82, 2.24) is 10.0 Å². The molecule has 5 nitrogen and oxygen atoms in total. The average molecular weight is 409 g/mol. The van der Waals surface area contributed by atoms with Gasteiger partial charge in [-0.3, -0.25) is 4.79 Å². The number of thioether (sulfide) groups is 1. The Morgan fingerprint density at radius 3 is 2.56 bits per heavy atom. The van der Waals surface area contributed by atoms with E-state index in [4.69, 9.17) is 0 Å². The lowest BCUT2D eigenvalue weighted by molar-refractivity contribution is 0.0934. The molecule has 1 unspecified atom stereocenters. The van der Waals surface area contributed by atoms with Crippen LogP contribution < -0.4 is 10.0 Å². The first-order valence-electron chi connectivity index (χ1n) is 8.62. The Labute approximate surface area is 162 Å². The maximum absolute atomic E-state index is 14.0. The van der Waals surface area contributed by atoms with Crippen molar-refractivity contribution in [2.45, 2.75) is 42.1 Å². The van der Waals surface area contributed by atoms with Gasteiger partial charge in [-0.15, -0.1) is 11.8 Å². The van der Waals surface area contributed by atoms with E-state index in [1.165, 1.54) is 42.1 Å². The van der Waals surface area contributed by atoms with Crippen LogP contribution in [0, 0.1) is 5.82 Å². The number of rotatable bonds is 5. The SMILES string of the molecule is CC(C)NS(=O)(=O)c1ccc(C(=O)NC2CCSc3c(F)cccc32)cc1. The van der Waals surface area contributed by atoms with Crippen LogP contribution in [-0.4, -0.2) is 26.1 Å². The first-order chi connectivity index (χ1) is 12.8. The third kappa shape index (κ3) is 4.51. The number of hydrogen-bond acceptors (Lipinski definition) is 4. The van der Waals surface area contributed by atoms with Gasteiger partial charge in [-0.05, 0) is 56.2 Å². The van der Waals surface area contributed by atoms with Crippen molar-refractivity contribution in [3.8, 4) is 0 Å². The number of carbonyl (C=O) groups is 1. The Hall–Kier alpha value is -1.90. The maximum atomic E-state index is 14.0. The van der Waals surface area contributed by atoms with E-state index in [0.29, 0.717) is 16.9 Å². The van der Waals surface area contributed by atoms with Crippen molar-refractivity contribution in [2.24, 2.45) is 0 Å². The molecule has 0 saturated heterocycles. The molecule has 1 aliphatic rings. The number of amides is 1. The summed E-state index contributed by atoms with van der Waals surface area (Å²) in [6.45, 7) is 3.48. The van der Waals surface area contributed by atoms with Crippen LogP contribution in [0.25, 0.3) is 0 Å². The van der Waals surface area contributed by atoms with Crippen molar-refractivity contribution in [2.75, 3.05) is 5.75 Å². The molecule has 1 atom stereocenters. The molecular weight excluding hydrogens is 387 g/mol. The van der Waals surface area contributed by atoms with Crippen LogP contribution in [0.5, 0.6) is 0 Å². The van der Waals surface area contributed by atoms with Crippen LogP contribution in [0.2, 0.25) is 0 Å². The molecule has 2 aromatic rings. The molecule has 0 saturated carbocycles. The standard InChI is InChI=1S/C19H21FN2O3S2/c1-12(2)22-27(24,25)14-8-6-13(7-9-14)19(23)21-17-10-11-26-18-15(17)4-3-5-16(18)20/h3-9,12,17,22H,10-11H2,1-2H3,(H,21,23). The van der Waals surface area contributed by atoms with E-state index in [1.54, 1.807) is 19.9 Å². The van der Waals surface area contributed by atoms with Crippen LogP contribution in [0.3, 0.4) is 0 Å². The van der Waals surface area contributed by atoms with Gasteiger partial charge in [-0.2, -0.15) is 0 Å². The predicted molar refractivity (Wildman–Crippen MR) is 104 cm³/mol. The lowest BCUT2D eigenvalue weighted by atomic mass is 10.0. The van der Waals surface area contributed by atoms with E-state index in [9.17, 15) is 17.6 Å². The fourth-order valence-corrected chi connectivity index (χ4v) is 5.33. The zero-order valence-corrected chi connectivity index (χ0v) is 16.7. The van der Waals surface area contributed by atoms with Crippen LogP contribution in [0.1, 0.15) is 42.2 Å². The molecule has 0 radical (unpaired) electrons. The lowest BCUT2D eigenvalue weighted by Crippen LogP contribution is -2.31. The molecule has 0 aliphatic carbocycles. The van der Waals surface area contributed by atoms with E-state index in [-0.39, 0.29) is 28.7 Å². The number of sulfonamides is 1. The smallest absolute Gasteiger partial charge is 0.251 e. The molecule has 0 fully saturated rings. The van der Waals surface area contributed by atoms with Gasteiger partial charge in [0.05, 0.1) is 10.9 Å². The van der Waals surface area contributed by atoms with E-state index >= 15 is 0 Å². The van der Waals surface area contributed by atoms with Crippen molar-refractivity contribution >= 4 is 27.7 Å². The van der Waals surface area contributed by atoms with Gasteiger partial charge >= 0.3 is 0 Å². The Kier molecular flexibility index (Phi) is 5.88. The minimum Gasteiger partial charge on any atom is -0.345 e. The van der Waals surface area contributed by atoms with Gasteiger partial charge in [0.25, 0.3) is 5.91 Å². The van der Waals surface area contributed by atoms with Crippen molar-refractivity contribution in [1.29, 1.82) is 0 Å². The van der Waals surface area contributed by atoms with Gasteiger partial charge in [-0.25, -0.2) is 17.5 Å². The summed E-state index contributed by atoms with van der Waals surface area (Å²) in [6.07, 6.45) is 0.706. The summed E-state index contributed by atoms with van der Waals surface area (Å²) in [4.78, 5) is 13.3. The van der Waals surface area contributed by atoms with Gasteiger partial charge in [0, 0.05) is 22.3 Å². The topological polar surface area (TPSA) is 75.3 Å². The van der Waals surface area contributed by atoms with Crippen LogP contribution >= 0.6 is 11.8 Å². The average Bonchev–Trinajstić information content (AvgIpc) is 2.62. The Balaban J connectivity index is 1.76. The molecular formula is C19H21FN2O3S2. The Morgan fingerprint density at radius 2 is 1.89 bits per heavy atom. The normalized spacial score (nSPS) is 16.8. The second-order valence-corrected chi connectivity index (χ2v) is 9.44. The lowest BCUT2D eigenvalue weighted by Gasteiger charge is -2.26. The zero-order valence-electron chi connectivity index (χ0n) is 15.0. The Morgan fingerprint density at radius 1 is 1.19 bits per heavy atom. The molecule has 0 bridgehead atoms. The summed E-state index contributed by atoms with van der Waals surface area (Å²) < 4.78 is 40.8. The van der Waals surface area contributed by atoms with E-state index in [2.05, 4.69) is 10.0 Å². The van der Waals surface area contributed by atoms with Crippen LogP contribution in [0.15, 0.2) is 52.3 Å². The molecule has 1 aliphatic heterocycles. The number of fused-ring (bicyclic) bond motifs is 1. The minimum atomic E-state index is -3.60. The molecule has 2 aromatic carbocycles.